The van der Waals surface area contributed by atoms with Crippen molar-refractivity contribution in [3.8, 4) is 11.3 Å². The molecular formula is C25H23ClF3N3O2S. The van der Waals surface area contributed by atoms with Crippen molar-refractivity contribution in [3.05, 3.63) is 51.6 Å². The van der Waals surface area contributed by atoms with Crippen molar-refractivity contribution in [3.63, 3.8) is 0 Å². The number of alkyl halides is 3. The van der Waals surface area contributed by atoms with Gasteiger partial charge < -0.3 is 4.42 Å². The van der Waals surface area contributed by atoms with Gasteiger partial charge in [-0.15, -0.1) is 5.10 Å². The summed E-state index contributed by atoms with van der Waals surface area (Å²) in [6, 6.07) is 6.13. The molecule has 2 unspecified atom stereocenters. The summed E-state index contributed by atoms with van der Waals surface area (Å²) in [5.74, 6) is 0.736. The summed E-state index contributed by atoms with van der Waals surface area (Å²) in [7, 11) is 0. The van der Waals surface area contributed by atoms with Crippen molar-refractivity contribution in [1.29, 1.82) is 0 Å². The van der Waals surface area contributed by atoms with Gasteiger partial charge in [-0.2, -0.15) is 18.3 Å². The first-order valence-electron chi connectivity index (χ1n) is 11.2. The van der Waals surface area contributed by atoms with E-state index in [-0.39, 0.29) is 33.1 Å². The Hall–Kier alpha value is -2.52. The molecule has 5 rings (SSSR count). The molecule has 3 aliphatic rings. The largest absolute Gasteiger partial charge is 0.457 e. The molecule has 2 bridgehead atoms. The van der Waals surface area contributed by atoms with Crippen LogP contribution in [0.25, 0.3) is 17.4 Å². The van der Waals surface area contributed by atoms with Gasteiger partial charge >= 0.3 is 6.18 Å². The molecule has 1 saturated heterocycles. The second kappa shape index (κ2) is 8.27. The molecule has 0 spiro atoms. The Kier molecular flexibility index (Phi) is 5.71. The number of fused-ring (bicyclic) bond motifs is 2. The molecule has 1 amide bonds. The minimum absolute atomic E-state index is 0.0168. The highest BCUT2D eigenvalue weighted by Crippen LogP contribution is 2.64. The van der Waals surface area contributed by atoms with Crippen LogP contribution in [0.4, 0.5) is 13.2 Å². The third kappa shape index (κ3) is 4.12. The molecule has 1 aromatic heterocycles. The number of hydrogen-bond donors (Lipinski definition) is 1. The maximum atomic E-state index is 13.1. The van der Waals surface area contributed by atoms with Gasteiger partial charge in [-0.25, -0.2) is 0 Å². The lowest BCUT2D eigenvalue weighted by Crippen LogP contribution is -2.32. The second-order valence-electron chi connectivity index (χ2n) is 9.90. The highest BCUT2D eigenvalue weighted by molar-refractivity contribution is 8.18. The molecule has 0 radical (unpaired) electrons. The third-order valence-corrected chi connectivity index (χ3v) is 9.11. The zero-order chi connectivity index (χ0) is 25.2. The Labute approximate surface area is 209 Å². The van der Waals surface area contributed by atoms with E-state index in [0.717, 1.165) is 42.4 Å². The molecule has 1 aliphatic heterocycles. The summed E-state index contributed by atoms with van der Waals surface area (Å²) in [5, 5.41) is 12.1. The van der Waals surface area contributed by atoms with Crippen molar-refractivity contribution in [2.24, 2.45) is 27.0 Å². The normalized spacial score (nSPS) is 29.1. The number of halogens is 4. The number of carbonyl (C=O) groups excluding carboxylic acids is 1. The average Bonchev–Trinajstić information content (AvgIpc) is 3.48. The standard InChI is InChI=1S/C25H23ClF3N3O2S/c1-23(2)13-8-9-24(23,3)20(11-13)31-32-22-30-21(33)19(35-22)12-15-5-7-18(34-15)16-10-14(25(27,28)29)4-6-17(16)26/h4-7,10,12-13H,8-9,11H2,1-3H3,(H,30,32,33). The lowest BCUT2D eigenvalue weighted by atomic mass is 9.70. The monoisotopic (exact) mass is 521 g/mol. The molecule has 10 heteroatoms. The van der Waals surface area contributed by atoms with Crippen LogP contribution in [0, 0.1) is 16.7 Å². The van der Waals surface area contributed by atoms with Gasteiger partial charge in [-0.3, -0.25) is 10.1 Å². The van der Waals surface area contributed by atoms with Crippen LogP contribution in [-0.4, -0.2) is 16.8 Å². The van der Waals surface area contributed by atoms with Crippen molar-refractivity contribution in [2.45, 2.75) is 46.2 Å². The quantitative estimate of drug-likeness (QED) is 0.338. The number of benzene rings is 1. The number of amides is 1. The summed E-state index contributed by atoms with van der Waals surface area (Å²) in [4.78, 5) is 12.8. The van der Waals surface area contributed by atoms with Gasteiger partial charge in [0.2, 0.25) is 0 Å². The van der Waals surface area contributed by atoms with Gasteiger partial charge in [0.15, 0.2) is 5.17 Å². The lowest BCUT2D eigenvalue weighted by molar-refractivity contribution is -0.137. The zero-order valence-corrected chi connectivity index (χ0v) is 20.9. The van der Waals surface area contributed by atoms with Gasteiger partial charge in [-0.05, 0) is 72.7 Å². The Morgan fingerprint density at radius 2 is 1.97 bits per heavy atom. The Bertz CT molecular complexity index is 1310. The molecule has 1 N–H and O–H groups in total. The van der Waals surface area contributed by atoms with Crippen molar-refractivity contribution in [1.82, 2.24) is 5.32 Å². The van der Waals surface area contributed by atoms with Crippen LogP contribution in [0.15, 0.2) is 49.9 Å². The number of thioether (sulfide) groups is 1. The van der Waals surface area contributed by atoms with Crippen LogP contribution in [0.5, 0.6) is 0 Å². The first kappa shape index (κ1) is 24.2. The third-order valence-electron chi connectivity index (χ3n) is 7.88. The van der Waals surface area contributed by atoms with E-state index in [2.05, 4.69) is 36.3 Å². The van der Waals surface area contributed by atoms with Crippen LogP contribution in [0.1, 0.15) is 51.4 Å². The predicted molar refractivity (Wildman–Crippen MR) is 132 cm³/mol. The topological polar surface area (TPSA) is 67.0 Å². The summed E-state index contributed by atoms with van der Waals surface area (Å²) in [5.41, 5.74) is 0.572. The average molecular weight is 522 g/mol. The Morgan fingerprint density at radius 1 is 1.20 bits per heavy atom. The fraction of sp³-hybridized carbons (Fsp3) is 0.400. The first-order chi connectivity index (χ1) is 16.4. The van der Waals surface area contributed by atoms with Crippen molar-refractivity contribution in [2.75, 3.05) is 0 Å². The molecule has 2 aliphatic carbocycles. The molecule has 1 aromatic carbocycles. The predicted octanol–water partition coefficient (Wildman–Crippen LogP) is 7.38. The van der Waals surface area contributed by atoms with Crippen LogP contribution in [0.3, 0.4) is 0 Å². The van der Waals surface area contributed by atoms with Gasteiger partial charge in [0, 0.05) is 22.8 Å². The van der Waals surface area contributed by atoms with Crippen LogP contribution in [0.2, 0.25) is 5.02 Å². The smallest absolute Gasteiger partial charge is 0.416 e. The molecule has 2 saturated carbocycles. The van der Waals surface area contributed by atoms with Crippen LogP contribution >= 0.6 is 23.4 Å². The fourth-order valence-corrected chi connectivity index (χ4v) is 6.22. The molecule has 35 heavy (non-hydrogen) atoms. The molecule has 2 atom stereocenters. The molecule has 184 valence electrons. The Morgan fingerprint density at radius 3 is 2.63 bits per heavy atom. The summed E-state index contributed by atoms with van der Waals surface area (Å²) in [6.07, 6.45) is 0.237. The molecule has 3 fully saturated rings. The molecular weight excluding hydrogens is 499 g/mol. The van der Waals surface area contributed by atoms with E-state index < -0.39 is 11.7 Å². The first-order valence-corrected chi connectivity index (χ1v) is 12.4. The highest BCUT2D eigenvalue weighted by atomic mass is 35.5. The van der Waals surface area contributed by atoms with E-state index in [0.29, 0.717) is 21.8 Å². The van der Waals surface area contributed by atoms with Crippen molar-refractivity contribution < 1.29 is 22.4 Å². The lowest BCUT2D eigenvalue weighted by Gasteiger charge is -2.34. The Balaban J connectivity index is 1.35. The van der Waals surface area contributed by atoms with Gasteiger partial charge in [0.1, 0.15) is 11.5 Å². The second-order valence-corrected chi connectivity index (χ2v) is 11.3. The van der Waals surface area contributed by atoms with Gasteiger partial charge in [0.25, 0.3) is 5.91 Å². The highest BCUT2D eigenvalue weighted by Gasteiger charge is 2.60. The van der Waals surface area contributed by atoms with E-state index in [1.165, 1.54) is 24.6 Å². The fourth-order valence-electron chi connectivity index (χ4n) is 5.26. The maximum Gasteiger partial charge on any atom is 0.416 e. The SMILES string of the molecule is CC12CCC(CC1=N/N=C1/NC(=O)C(=Cc3ccc(-c4cc(C(F)(F)F)ccc4Cl)o3)S1)C2(C)C. The number of furan rings is 1. The van der Waals surface area contributed by atoms with Crippen molar-refractivity contribution >= 4 is 46.2 Å². The van der Waals surface area contributed by atoms with E-state index in [1.54, 1.807) is 6.07 Å². The number of amidine groups is 1. The number of nitrogens with zero attached hydrogens (tertiary/aromatic N) is 2. The minimum atomic E-state index is -4.50. The van der Waals surface area contributed by atoms with Gasteiger partial charge in [-0.1, -0.05) is 32.4 Å². The van der Waals surface area contributed by atoms with E-state index in [9.17, 15) is 18.0 Å². The molecule has 2 heterocycles. The summed E-state index contributed by atoms with van der Waals surface area (Å²) in [6.45, 7) is 6.82. The zero-order valence-electron chi connectivity index (χ0n) is 19.3. The van der Waals surface area contributed by atoms with Crippen LogP contribution < -0.4 is 5.32 Å². The van der Waals surface area contributed by atoms with E-state index >= 15 is 0 Å². The number of carbonyl (C=O) groups is 1. The van der Waals surface area contributed by atoms with Gasteiger partial charge in [0.05, 0.1) is 15.5 Å². The van der Waals surface area contributed by atoms with Crippen LogP contribution in [-0.2, 0) is 11.0 Å². The number of rotatable bonds is 3. The molecule has 2 aromatic rings. The minimum Gasteiger partial charge on any atom is -0.457 e. The molecule has 5 nitrogen and oxygen atoms in total. The number of hydrogen-bond acceptors (Lipinski definition) is 5. The summed E-state index contributed by atoms with van der Waals surface area (Å²) < 4.78 is 44.9. The van der Waals surface area contributed by atoms with E-state index in [4.69, 9.17) is 16.0 Å². The summed E-state index contributed by atoms with van der Waals surface area (Å²) >= 11 is 7.24. The maximum absolute atomic E-state index is 13.1. The number of nitrogens with one attached hydrogen (secondary N) is 1. The van der Waals surface area contributed by atoms with E-state index in [1.807, 2.05) is 0 Å².